The molecule has 0 saturated carbocycles. The zero-order valence-corrected chi connectivity index (χ0v) is 14.1. The highest BCUT2D eigenvalue weighted by atomic mass is 19.3. The topological polar surface area (TPSA) is 50.4 Å². The summed E-state index contributed by atoms with van der Waals surface area (Å²) in [6, 6.07) is 6.88. The van der Waals surface area contributed by atoms with Gasteiger partial charge in [0.2, 0.25) is 5.91 Å². The third kappa shape index (κ3) is 6.43. The Labute approximate surface area is 142 Å². The third-order valence-corrected chi connectivity index (χ3v) is 4.41. The number of carbonyl (C=O) groups is 1. The molecule has 1 aliphatic heterocycles. The molecule has 1 heterocycles. The van der Waals surface area contributed by atoms with Crippen LogP contribution < -0.4 is 15.4 Å². The molecule has 4 nitrogen and oxygen atoms in total. The van der Waals surface area contributed by atoms with Gasteiger partial charge in [0, 0.05) is 13.0 Å². The van der Waals surface area contributed by atoms with Gasteiger partial charge in [0.1, 0.15) is 12.4 Å². The molecule has 2 atom stereocenters. The Morgan fingerprint density at radius 3 is 3.00 bits per heavy atom. The average molecular weight is 340 g/mol. The summed E-state index contributed by atoms with van der Waals surface area (Å²) in [7, 11) is 0. The first-order valence-corrected chi connectivity index (χ1v) is 8.52. The Balaban J connectivity index is 1.75. The molecule has 2 unspecified atom stereocenters. The van der Waals surface area contributed by atoms with Gasteiger partial charge in [-0.2, -0.15) is 0 Å². The van der Waals surface area contributed by atoms with E-state index in [1.807, 2.05) is 6.07 Å². The van der Waals surface area contributed by atoms with Crippen molar-refractivity contribution >= 4 is 5.91 Å². The van der Waals surface area contributed by atoms with Crippen LogP contribution in [0.4, 0.5) is 8.78 Å². The molecule has 2 N–H and O–H groups in total. The maximum Gasteiger partial charge on any atom is 0.272 e. The van der Waals surface area contributed by atoms with E-state index in [9.17, 15) is 13.6 Å². The smallest absolute Gasteiger partial charge is 0.272 e. The molecule has 2 rings (SSSR count). The predicted molar refractivity (Wildman–Crippen MR) is 89.2 cm³/mol. The Kier molecular flexibility index (Phi) is 7.43. The van der Waals surface area contributed by atoms with Gasteiger partial charge >= 0.3 is 0 Å². The average Bonchev–Trinajstić information content (AvgIpc) is 2.59. The maximum absolute atomic E-state index is 12.2. The number of nitrogens with one attached hydrogen (secondary N) is 2. The number of piperidine rings is 1. The Morgan fingerprint density at radius 2 is 2.29 bits per heavy atom. The van der Waals surface area contributed by atoms with Crippen LogP contribution in [-0.2, 0) is 11.3 Å². The molecule has 24 heavy (non-hydrogen) atoms. The molecule has 0 bridgehead atoms. The standard InChI is InChI=1S/C18H26F2N2O2/c1-13(15-5-3-7-21-11-15)8-18(23)22-10-14-4-2-6-16(9-14)24-12-17(19)20/h2,4,6,9,13,15,17,21H,3,5,7-8,10-12H2,1H3,(H,22,23). The van der Waals surface area contributed by atoms with E-state index in [1.54, 1.807) is 18.2 Å². The lowest BCUT2D eigenvalue weighted by atomic mass is 9.85. The fraction of sp³-hybridized carbons (Fsp3) is 0.611. The second-order valence-electron chi connectivity index (χ2n) is 6.41. The summed E-state index contributed by atoms with van der Waals surface area (Å²) in [6.45, 7) is 3.93. The molecule has 0 aliphatic carbocycles. The summed E-state index contributed by atoms with van der Waals surface area (Å²) in [5.41, 5.74) is 0.835. The summed E-state index contributed by atoms with van der Waals surface area (Å²) >= 11 is 0. The van der Waals surface area contributed by atoms with Gasteiger partial charge < -0.3 is 15.4 Å². The van der Waals surface area contributed by atoms with Gasteiger partial charge in [-0.1, -0.05) is 19.1 Å². The van der Waals surface area contributed by atoms with Gasteiger partial charge in [0.15, 0.2) is 0 Å². The van der Waals surface area contributed by atoms with Crippen molar-refractivity contribution < 1.29 is 18.3 Å². The van der Waals surface area contributed by atoms with Crippen molar-refractivity contribution in [2.45, 2.75) is 39.2 Å². The first kappa shape index (κ1) is 18.6. The Hall–Kier alpha value is -1.69. The van der Waals surface area contributed by atoms with Crippen molar-refractivity contribution in [3.63, 3.8) is 0 Å². The lowest BCUT2D eigenvalue weighted by molar-refractivity contribution is -0.122. The van der Waals surface area contributed by atoms with Crippen LogP contribution in [0.5, 0.6) is 5.75 Å². The second-order valence-corrected chi connectivity index (χ2v) is 6.41. The van der Waals surface area contributed by atoms with E-state index >= 15 is 0 Å². The number of alkyl halides is 2. The lowest BCUT2D eigenvalue weighted by Crippen LogP contribution is -2.35. The predicted octanol–water partition coefficient (Wildman–Crippen LogP) is 2.97. The quantitative estimate of drug-likeness (QED) is 0.765. The second kappa shape index (κ2) is 9.57. The third-order valence-electron chi connectivity index (χ3n) is 4.41. The number of halogens is 2. The first-order chi connectivity index (χ1) is 11.5. The molecular weight excluding hydrogens is 314 g/mol. The highest BCUT2D eigenvalue weighted by Crippen LogP contribution is 2.22. The minimum Gasteiger partial charge on any atom is -0.488 e. The number of carbonyl (C=O) groups excluding carboxylic acids is 1. The molecule has 0 spiro atoms. The van der Waals surface area contributed by atoms with E-state index in [4.69, 9.17) is 4.74 Å². The van der Waals surface area contributed by atoms with Crippen LogP contribution in [0.2, 0.25) is 0 Å². The lowest BCUT2D eigenvalue weighted by Gasteiger charge is -2.28. The zero-order chi connectivity index (χ0) is 17.4. The van der Waals surface area contributed by atoms with Gasteiger partial charge in [-0.05, 0) is 55.5 Å². The van der Waals surface area contributed by atoms with E-state index < -0.39 is 13.0 Å². The van der Waals surface area contributed by atoms with Crippen molar-refractivity contribution in [2.75, 3.05) is 19.7 Å². The van der Waals surface area contributed by atoms with E-state index in [-0.39, 0.29) is 5.91 Å². The molecule has 134 valence electrons. The number of hydrogen-bond donors (Lipinski definition) is 2. The van der Waals surface area contributed by atoms with Gasteiger partial charge in [-0.3, -0.25) is 4.79 Å². The fourth-order valence-electron chi connectivity index (χ4n) is 3.00. The number of rotatable bonds is 8. The van der Waals surface area contributed by atoms with E-state index in [2.05, 4.69) is 17.6 Å². The molecule has 1 fully saturated rings. The van der Waals surface area contributed by atoms with Crippen LogP contribution in [0.3, 0.4) is 0 Å². The van der Waals surface area contributed by atoms with Crippen LogP contribution in [0.1, 0.15) is 31.7 Å². The van der Waals surface area contributed by atoms with E-state index in [0.717, 1.165) is 18.7 Å². The summed E-state index contributed by atoms with van der Waals surface area (Å²) in [6.07, 6.45) is 0.352. The molecule has 6 heteroatoms. The molecular formula is C18H26F2N2O2. The van der Waals surface area contributed by atoms with Crippen molar-refractivity contribution in [3.05, 3.63) is 29.8 Å². The van der Waals surface area contributed by atoms with Gasteiger partial charge in [-0.15, -0.1) is 0 Å². The monoisotopic (exact) mass is 340 g/mol. The van der Waals surface area contributed by atoms with Crippen LogP contribution in [-0.4, -0.2) is 32.0 Å². The van der Waals surface area contributed by atoms with E-state index in [0.29, 0.717) is 30.6 Å². The Morgan fingerprint density at radius 1 is 1.46 bits per heavy atom. The first-order valence-electron chi connectivity index (χ1n) is 8.52. The summed E-state index contributed by atoms with van der Waals surface area (Å²) in [5, 5.41) is 6.27. The van der Waals surface area contributed by atoms with Gasteiger partial charge in [0.05, 0.1) is 0 Å². The van der Waals surface area contributed by atoms with Crippen LogP contribution in [0.25, 0.3) is 0 Å². The van der Waals surface area contributed by atoms with Crippen molar-refractivity contribution in [1.29, 1.82) is 0 Å². The Bertz CT molecular complexity index is 519. The van der Waals surface area contributed by atoms with Gasteiger partial charge in [0.25, 0.3) is 6.43 Å². The largest absolute Gasteiger partial charge is 0.488 e. The molecule has 0 radical (unpaired) electrons. The zero-order valence-electron chi connectivity index (χ0n) is 14.1. The number of ether oxygens (including phenoxy) is 1. The van der Waals surface area contributed by atoms with Crippen LogP contribution >= 0.6 is 0 Å². The number of hydrogen-bond acceptors (Lipinski definition) is 3. The van der Waals surface area contributed by atoms with Crippen LogP contribution in [0.15, 0.2) is 24.3 Å². The molecule has 1 amide bonds. The SMILES string of the molecule is CC(CC(=O)NCc1cccc(OCC(F)F)c1)C1CCCNC1. The molecule has 1 aliphatic rings. The molecule has 0 aromatic heterocycles. The van der Waals surface area contributed by atoms with Crippen molar-refractivity contribution in [3.8, 4) is 5.75 Å². The number of amides is 1. The number of benzene rings is 1. The highest BCUT2D eigenvalue weighted by molar-refractivity contribution is 5.76. The fourth-order valence-corrected chi connectivity index (χ4v) is 3.00. The van der Waals surface area contributed by atoms with Crippen molar-refractivity contribution in [1.82, 2.24) is 10.6 Å². The van der Waals surface area contributed by atoms with Gasteiger partial charge in [-0.25, -0.2) is 8.78 Å². The minimum absolute atomic E-state index is 0.0203. The molecule has 1 aromatic carbocycles. The summed E-state index contributed by atoms with van der Waals surface area (Å²) in [5.74, 6) is 1.31. The summed E-state index contributed by atoms with van der Waals surface area (Å²) in [4.78, 5) is 12.1. The highest BCUT2D eigenvalue weighted by Gasteiger charge is 2.21. The molecule has 1 saturated heterocycles. The van der Waals surface area contributed by atoms with Crippen LogP contribution in [0, 0.1) is 11.8 Å². The van der Waals surface area contributed by atoms with Crippen molar-refractivity contribution in [2.24, 2.45) is 11.8 Å². The maximum atomic E-state index is 12.2. The van der Waals surface area contributed by atoms with E-state index in [1.165, 1.54) is 12.8 Å². The minimum atomic E-state index is -2.50. The summed E-state index contributed by atoms with van der Waals surface area (Å²) < 4.78 is 29.3. The normalized spacial score (nSPS) is 19.1. The molecule has 1 aromatic rings.